The van der Waals surface area contributed by atoms with E-state index in [1.54, 1.807) is 0 Å². The highest BCUT2D eigenvalue weighted by Crippen LogP contribution is 2.34. The molecule has 1 aromatic carbocycles. The molecule has 0 aliphatic carbocycles. The Kier molecular flexibility index (Phi) is 6.78. The van der Waals surface area contributed by atoms with Crippen LogP contribution in [0.15, 0.2) is 55.1 Å². The second-order valence-corrected chi connectivity index (χ2v) is 5.24. The van der Waals surface area contributed by atoms with Crippen molar-refractivity contribution in [1.29, 1.82) is 0 Å². The lowest BCUT2D eigenvalue weighted by atomic mass is 9.77. The fourth-order valence-electron chi connectivity index (χ4n) is 2.50. The summed E-state index contributed by atoms with van der Waals surface area (Å²) in [6.45, 7) is 8.37. The molecule has 0 amide bonds. The van der Waals surface area contributed by atoms with Crippen molar-refractivity contribution < 1.29 is 9.53 Å². The van der Waals surface area contributed by atoms with Crippen LogP contribution in [0.1, 0.15) is 31.7 Å². The molecule has 2 atom stereocenters. The van der Waals surface area contributed by atoms with Crippen LogP contribution < -0.4 is 0 Å². The van der Waals surface area contributed by atoms with E-state index in [2.05, 4.69) is 37.3 Å². The lowest BCUT2D eigenvalue weighted by Crippen LogP contribution is -2.16. The minimum Gasteiger partial charge on any atom is -0.466 e. The van der Waals surface area contributed by atoms with Crippen LogP contribution >= 0.6 is 0 Å². The molecule has 2 heteroatoms. The molecule has 0 saturated carbocycles. The summed E-state index contributed by atoms with van der Waals surface area (Å²) in [5.74, 6) is 0.898. The molecular formula is C18H24O2. The van der Waals surface area contributed by atoms with Crippen LogP contribution in [0, 0.1) is 11.8 Å². The van der Waals surface area contributed by atoms with Gasteiger partial charge in [0.25, 0.3) is 0 Å². The third-order valence-corrected chi connectivity index (χ3v) is 3.58. The first-order valence-electron chi connectivity index (χ1n) is 7.02. The summed E-state index contributed by atoms with van der Waals surface area (Å²) in [5, 5.41) is 0. The Morgan fingerprint density at radius 3 is 2.45 bits per heavy atom. The second kappa shape index (κ2) is 8.36. The number of rotatable bonds is 7. The molecule has 2 nitrogen and oxygen atoms in total. The predicted octanol–water partition coefficient (Wildman–Crippen LogP) is 4.35. The van der Waals surface area contributed by atoms with E-state index in [4.69, 9.17) is 0 Å². The van der Waals surface area contributed by atoms with E-state index < -0.39 is 0 Å². The molecule has 0 radical (unpaired) electrons. The summed E-state index contributed by atoms with van der Waals surface area (Å²) < 4.78 is 4.63. The van der Waals surface area contributed by atoms with E-state index in [0.717, 1.165) is 6.42 Å². The Bertz CT molecular complexity index is 446. The van der Waals surface area contributed by atoms with Crippen molar-refractivity contribution in [3.63, 3.8) is 0 Å². The van der Waals surface area contributed by atoms with Crippen molar-refractivity contribution >= 4 is 5.97 Å². The van der Waals surface area contributed by atoms with E-state index in [1.807, 2.05) is 30.4 Å². The zero-order chi connectivity index (χ0) is 15.0. The van der Waals surface area contributed by atoms with Crippen LogP contribution in [0.4, 0.5) is 0 Å². The smallest absolute Gasteiger partial charge is 0.330 e. The molecule has 0 aromatic heterocycles. The molecule has 0 fully saturated rings. The number of esters is 1. The fraction of sp³-hybridized carbons (Fsp3) is 0.389. The van der Waals surface area contributed by atoms with Crippen molar-refractivity contribution in [1.82, 2.24) is 0 Å². The van der Waals surface area contributed by atoms with Crippen LogP contribution in [0.3, 0.4) is 0 Å². The highest BCUT2D eigenvalue weighted by Gasteiger charge is 2.22. The Hall–Kier alpha value is -1.83. The van der Waals surface area contributed by atoms with E-state index in [-0.39, 0.29) is 5.97 Å². The molecule has 0 unspecified atom stereocenters. The van der Waals surface area contributed by atoms with Crippen molar-refractivity contribution in [2.75, 3.05) is 7.11 Å². The number of carbonyl (C=O) groups excluding carboxylic acids is 1. The largest absolute Gasteiger partial charge is 0.466 e. The second-order valence-electron chi connectivity index (χ2n) is 5.24. The minimum absolute atomic E-state index is 0.309. The van der Waals surface area contributed by atoms with Gasteiger partial charge >= 0.3 is 5.97 Å². The van der Waals surface area contributed by atoms with Gasteiger partial charge in [-0.1, -0.05) is 56.3 Å². The predicted molar refractivity (Wildman–Crippen MR) is 83.5 cm³/mol. The molecule has 20 heavy (non-hydrogen) atoms. The maximum atomic E-state index is 11.2. The molecule has 108 valence electrons. The molecule has 1 aromatic rings. The molecule has 0 bridgehead atoms. The van der Waals surface area contributed by atoms with Crippen molar-refractivity contribution in [3.8, 4) is 0 Å². The van der Waals surface area contributed by atoms with Crippen LogP contribution in [0.25, 0.3) is 0 Å². The zero-order valence-corrected chi connectivity index (χ0v) is 12.6. The summed E-state index contributed by atoms with van der Waals surface area (Å²) in [7, 11) is 1.39. The van der Waals surface area contributed by atoms with Crippen molar-refractivity contribution in [2.24, 2.45) is 11.8 Å². The van der Waals surface area contributed by atoms with E-state index in [1.165, 1.54) is 18.7 Å². The first kappa shape index (κ1) is 16.2. The Morgan fingerprint density at radius 1 is 1.30 bits per heavy atom. The number of hydrogen-bond donors (Lipinski definition) is 0. The Morgan fingerprint density at radius 2 is 1.95 bits per heavy atom. The summed E-state index contributed by atoms with van der Waals surface area (Å²) in [5.41, 5.74) is 1.28. The third-order valence-electron chi connectivity index (χ3n) is 3.58. The monoisotopic (exact) mass is 272 g/mol. The Balaban J connectivity index is 2.93. The maximum absolute atomic E-state index is 11.2. The number of allylic oxidation sites excluding steroid dienone is 2. The quantitative estimate of drug-likeness (QED) is 0.419. The van der Waals surface area contributed by atoms with E-state index in [9.17, 15) is 4.79 Å². The van der Waals surface area contributed by atoms with Crippen LogP contribution in [0.5, 0.6) is 0 Å². The van der Waals surface area contributed by atoms with Gasteiger partial charge in [-0.2, -0.15) is 0 Å². The van der Waals surface area contributed by atoms with Gasteiger partial charge in [0.1, 0.15) is 0 Å². The van der Waals surface area contributed by atoms with Gasteiger partial charge in [-0.25, -0.2) is 4.79 Å². The van der Waals surface area contributed by atoms with Gasteiger partial charge in [0.2, 0.25) is 0 Å². The van der Waals surface area contributed by atoms with Gasteiger partial charge < -0.3 is 4.74 Å². The summed E-state index contributed by atoms with van der Waals surface area (Å²) >= 11 is 0. The first-order valence-corrected chi connectivity index (χ1v) is 7.02. The average molecular weight is 272 g/mol. The van der Waals surface area contributed by atoms with Crippen LogP contribution in [0.2, 0.25) is 0 Å². The molecule has 0 spiro atoms. The third kappa shape index (κ3) is 4.69. The number of ether oxygens (including phenoxy) is 1. The standard InChI is InChI=1S/C18H24O2/c1-5-16(14(2)3)17(12-9-13-18(19)20-4)15-10-7-6-8-11-15/h5-11,13-14,16-17H,1,12H2,2-4H3/b13-9+/t16-,17-/m1/s1. The lowest BCUT2D eigenvalue weighted by Gasteiger charge is -2.27. The zero-order valence-electron chi connectivity index (χ0n) is 12.6. The molecule has 0 saturated heterocycles. The van der Waals surface area contributed by atoms with E-state index >= 15 is 0 Å². The number of carbonyl (C=O) groups is 1. The number of hydrogen-bond acceptors (Lipinski definition) is 2. The van der Waals surface area contributed by atoms with Gasteiger partial charge in [0, 0.05) is 6.08 Å². The van der Waals surface area contributed by atoms with Crippen LogP contribution in [-0.4, -0.2) is 13.1 Å². The van der Waals surface area contributed by atoms with Gasteiger partial charge in [0.15, 0.2) is 0 Å². The molecule has 0 aliphatic rings. The molecule has 0 N–H and O–H groups in total. The molecule has 0 heterocycles. The highest BCUT2D eigenvalue weighted by molar-refractivity contribution is 5.81. The lowest BCUT2D eigenvalue weighted by molar-refractivity contribution is -0.134. The van der Waals surface area contributed by atoms with E-state index in [0.29, 0.717) is 17.8 Å². The van der Waals surface area contributed by atoms with Gasteiger partial charge in [-0.15, -0.1) is 6.58 Å². The first-order chi connectivity index (χ1) is 9.60. The average Bonchev–Trinajstić information content (AvgIpc) is 2.46. The fourth-order valence-corrected chi connectivity index (χ4v) is 2.50. The summed E-state index contributed by atoms with van der Waals surface area (Å²) in [4.78, 5) is 11.2. The minimum atomic E-state index is -0.309. The Labute approximate surface area is 122 Å². The van der Waals surface area contributed by atoms with Crippen LogP contribution in [-0.2, 0) is 9.53 Å². The highest BCUT2D eigenvalue weighted by atomic mass is 16.5. The summed E-state index contributed by atoms with van der Waals surface area (Å²) in [6, 6.07) is 10.4. The number of methoxy groups -OCH3 is 1. The summed E-state index contributed by atoms with van der Waals surface area (Å²) in [6.07, 6.45) is 6.21. The van der Waals surface area contributed by atoms with Gasteiger partial charge in [-0.3, -0.25) is 0 Å². The normalized spacial score (nSPS) is 14.2. The molecule has 0 aliphatic heterocycles. The molecule has 1 rings (SSSR count). The van der Waals surface area contributed by atoms with Gasteiger partial charge in [0.05, 0.1) is 7.11 Å². The maximum Gasteiger partial charge on any atom is 0.330 e. The van der Waals surface area contributed by atoms with Crippen molar-refractivity contribution in [3.05, 3.63) is 60.7 Å². The van der Waals surface area contributed by atoms with Gasteiger partial charge in [-0.05, 0) is 29.7 Å². The van der Waals surface area contributed by atoms with Crippen molar-refractivity contribution in [2.45, 2.75) is 26.2 Å². The topological polar surface area (TPSA) is 26.3 Å². The SMILES string of the molecule is C=C[C@H](C(C)C)[C@H](C/C=C/C(=O)OC)c1ccccc1. The molecular weight excluding hydrogens is 248 g/mol. The number of benzene rings is 1.